The van der Waals surface area contributed by atoms with E-state index in [2.05, 4.69) is 34.2 Å². The van der Waals surface area contributed by atoms with Crippen LogP contribution in [0.2, 0.25) is 0 Å². The molecule has 0 radical (unpaired) electrons. The Balaban J connectivity index is 2.07. The fourth-order valence-electron chi connectivity index (χ4n) is 1.97. The molecule has 0 spiro atoms. The molecule has 0 saturated heterocycles. The van der Waals surface area contributed by atoms with Crippen LogP contribution in [0.25, 0.3) is 22.0 Å². The summed E-state index contributed by atoms with van der Waals surface area (Å²) in [5.41, 5.74) is 1.83. The van der Waals surface area contributed by atoms with Gasteiger partial charge in [-0.2, -0.15) is 0 Å². The summed E-state index contributed by atoms with van der Waals surface area (Å²) in [5, 5.41) is 2.34. The van der Waals surface area contributed by atoms with E-state index in [9.17, 15) is 0 Å². The van der Waals surface area contributed by atoms with Gasteiger partial charge in [0, 0.05) is 5.56 Å². The fraction of sp³-hybridized carbons (Fsp3) is 0.0714. The Kier molecular flexibility index (Phi) is 3.17. The molecule has 2 aromatic carbocycles. The molecule has 0 unspecified atom stereocenters. The monoisotopic (exact) mass is 310 g/mol. The minimum Gasteiger partial charge on any atom is -0.338 e. The number of hydrogen-bond acceptors (Lipinski definition) is 1. The van der Waals surface area contributed by atoms with E-state index in [1.54, 1.807) is 6.20 Å². The Morgan fingerprint density at radius 3 is 2.37 bits per heavy atom. The van der Waals surface area contributed by atoms with Gasteiger partial charge in [0.25, 0.3) is 0 Å². The second-order valence-corrected chi connectivity index (χ2v) is 6.49. The maximum absolute atomic E-state index is 5.79. The Morgan fingerprint density at radius 1 is 0.947 bits per heavy atom. The van der Waals surface area contributed by atoms with Crippen molar-refractivity contribution in [2.75, 3.05) is 0 Å². The van der Waals surface area contributed by atoms with E-state index in [-0.39, 0.29) is 0 Å². The third kappa shape index (κ3) is 2.57. The Morgan fingerprint density at radius 2 is 1.68 bits per heavy atom. The van der Waals surface area contributed by atoms with Crippen molar-refractivity contribution < 1.29 is 0 Å². The number of rotatable bonds is 1. The third-order valence-electron chi connectivity index (χ3n) is 2.90. The van der Waals surface area contributed by atoms with Crippen LogP contribution in [-0.2, 0) is 3.79 Å². The van der Waals surface area contributed by atoms with Crippen molar-refractivity contribution in [1.82, 2.24) is 9.97 Å². The number of hydrogen-bond donors (Lipinski definition) is 1. The zero-order valence-electron chi connectivity index (χ0n) is 9.70. The number of H-pyrrole nitrogens is 1. The molecule has 0 atom stereocenters. The van der Waals surface area contributed by atoms with Crippen LogP contribution in [0.15, 0.2) is 48.7 Å². The fourth-order valence-corrected chi connectivity index (χ4v) is 2.26. The molecular weight excluding hydrogens is 303 g/mol. The molecule has 0 amide bonds. The van der Waals surface area contributed by atoms with Gasteiger partial charge in [-0.05, 0) is 16.8 Å². The summed E-state index contributed by atoms with van der Waals surface area (Å²) < 4.78 is -1.53. The molecule has 1 heterocycles. The van der Waals surface area contributed by atoms with Crippen LogP contribution in [-0.4, -0.2) is 9.97 Å². The number of nitrogens with one attached hydrogen (secondary N) is 1. The highest BCUT2D eigenvalue weighted by atomic mass is 35.6. The Bertz CT molecular complexity index is 729. The Labute approximate surface area is 125 Å². The number of aromatic amines is 1. The number of halogens is 3. The highest BCUT2D eigenvalue weighted by molar-refractivity contribution is 6.66. The van der Waals surface area contributed by atoms with E-state index >= 15 is 0 Å². The first-order chi connectivity index (χ1) is 9.04. The maximum atomic E-state index is 5.79. The molecule has 0 saturated carbocycles. The lowest BCUT2D eigenvalue weighted by Crippen LogP contribution is -2.02. The molecule has 0 aliphatic carbocycles. The first-order valence-corrected chi connectivity index (χ1v) is 6.79. The molecule has 0 aliphatic rings. The number of aromatic nitrogens is 2. The molecule has 3 rings (SSSR count). The van der Waals surface area contributed by atoms with Crippen LogP contribution in [0.1, 0.15) is 5.82 Å². The van der Waals surface area contributed by atoms with E-state index in [1.807, 2.05) is 18.2 Å². The highest BCUT2D eigenvalue weighted by Crippen LogP contribution is 2.37. The van der Waals surface area contributed by atoms with E-state index in [4.69, 9.17) is 34.8 Å². The van der Waals surface area contributed by atoms with Gasteiger partial charge < -0.3 is 4.98 Å². The molecule has 2 nitrogen and oxygen atoms in total. The first-order valence-electron chi connectivity index (χ1n) is 5.65. The minimum atomic E-state index is -1.53. The second kappa shape index (κ2) is 4.71. The summed E-state index contributed by atoms with van der Waals surface area (Å²) in [7, 11) is 0. The molecule has 1 aromatic heterocycles. The minimum absolute atomic E-state index is 0.320. The smallest absolute Gasteiger partial charge is 0.248 e. The van der Waals surface area contributed by atoms with Gasteiger partial charge in [-0.3, -0.25) is 0 Å². The van der Waals surface area contributed by atoms with Crippen molar-refractivity contribution in [2.24, 2.45) is 0 Å². The van der Waals surface area contributed by atoms with E-state index in [1.165, 1.54) is 5.39 Å². The van der Waals surface area contributed by atoms with Crippen molar-refractivity contribution in [1.29, 1.82) is 0 Å². The quantitative estimate of drug-likeness (QED) is 0.625. The summed E-state index contributed by atoms with van der Waals surface area (Å²) in [5.74, 6) is 0.320. The van der Waals surface area contributed by atoms with Crippen molar-refractivity contribution in [3.8, 4) is 11.3 Å². The first kappa shape index (κ1) is 12.8. The normalized spacial score (nSPS) is 11.9. The molecule has 5 heteroatoms. The summed E-state index contributed by atoms with van der Waals surface area (Å²) in [6, 6.07) is 14.3. The predicted molar refractivity (Wildman–Crippen MR) is 80.8 cm³/mol. The molecule has 19 heavy (non-hydrogen) atoms. The van der Waals surface area contributed by atoms with Crippen LogP contribution < -0.4 is 0 Å². The van der Waals surface area contributed by atoms with Crippen molar-refractivity contribution in [3.05, 3.63) is 54.5 Å². The standard InChI is InChI=1S/C14H9Cl3N2/c15-14(16,17)13-18-8-12(19-13)11-6-5-9-3-1-2-4-10(9)7-11/h1-8H,(H,18,19). The number of nitrogens with zero attached hydrogens (tertiary/aromatic N) is 1. The van der Waals surface area contributed by atoms with Gasteiger partial charge >= 0.3 is 0 Å². The van der Waals surface area contributed by atoms with Crippen molar-refractivity contribution >= 4 is 45.6 Å². The van der Waals surface area contributed by atoms with Crippen LogP contribution in [0.3, 0.4) is 0 Å². The lowest BCUT2D eigenvalue weighted by molar-refractivity contribution is 1.03. The molecule has 3 aromatic rings. The van der Waals surface area contributed by atoms with E-state index in [0.29, 0.717) is 5.82 Å². The van der Waals surface area contributed by atoms with Crippen LogP contribution in [0, 0.1) is 0 Å². The molecule has 0 aliphatic heterocycles. The van der Waals surface area contributed by atoms with Gasteiger partial charge in [0.1, 0.15) is 0 Å². The average Bonchev–Trinajstić information content (AvgIpc) is 2.87. The van der Waals surface area contributed by atoms with Crippen LogP contribution in [0.4, 0.5) is 0 Å². The number of benzene rings is 2. The van der Waals surface area contributed by atoms with Gasteiger partial charge in [-0.25, -0.2) is 4.98 Å². The number of alkyl halides is 3. The van der Waals surface area contributed by atoms with Crippen molar-refractivity contribution in [3.63, 3.8) is 0 Å². The van der Waals surface area contributed by atoms with Crippen LogP contribution in [0.5, 0.6) is 0 Å². The zero-order chi connectivity index (χ0) is 13.5. The van der Waals surface area contributed by atoms with E-state index in [0.717, 1.165) is 16.6 Å². The maximum Gasteiger partial charge on any atom is 0.248 e. The predicted octanol–water partition coefficient (Wildman–Crippen LogP) is 5.06. The van der Waals surface area contributed by atoms with Crippen LogP contribution >= 0.6 is 34.8 Å². The third-order valence-corrected chi connectivity index (χ3v) is 3.44. The van der Waals surface area contributed by atoms with Gasteiger partial charge in [0.2, 0.25) is 3.79 Å². The summed E-state index contributed by atoms with van der Waals surface area (Å²) >= 11 is 17.4. The zero-order valence-corrected chi connectivity index (χ0v) is 12.0. The summed E-state index contributed by atoms with van der Waals surface area (Å²) in [6.45, 7) is 0. The lowest BCUT2D eigenvalue weighted by atomic mass is 10.1. The highest BCUT2D eigenvalue weighted by Gasteiger charge is 2.26. The average molecular weight is 312 g/mol. The molecule has 0 bridgehead atoms. The Hall–Kier alpha value is -1.22. The van der Waals surface area contributed by atoms with Gasteiger partial charge in [0.15, 0.2) is 5.82 Å². The summed E-state index contributed by atoms with van der Waals surface area (Å²) in [6.07, 6.45) is 1.67. The van der Waals surface area contributed by atoms with Gasteiger partial charge in [0.05, 0.1) is 11.9 Å². The second-order valence-electron chi connectivity index (χ2n) is 4.21. The molecule has 0 fully saturated rings. The topological polar surface area (TPSA) is 28.7 Å². The SMILES string of the molecule is ClC(Cl)(Cl)c1ncc(-c2ccc3ccccc3c2)[nH]1. The van der Waals surface area contributed by atoms with Gasteiger partial charge in [-0.15, -0.1) is 0 Å². The van der Waals surface area contributed by atoms with Crippen molar-refractivity contribution in [2.45, 2.75) is 3.79 Å². The molecular formula is C14H9Cl3N2. The largest absolute Gasteiger partial charge is 0.338 e. The van der Waals surface area contributed by atoms with Gasteiger partial charge in [-0.1, -0.05) is 71.2 Å². The summed E-state index contributed by atoms with van der Waals surface area (Å²) in [4.78, 5) is 7.12. The van der Waals surface area contributed by atoms with E-state index < -0.39 is 3.79 Å². The molecule has 96 valence electrons. The lowest BCUT2D eigenvalue weighted by Gasteiger charge is -2.06. The number of fused-ring (bicyclic) bond motifs is 1. The molecule has 1 N–H and O–H groups in total. The number of imidazole rings is 1.